The fraction of sp³-hybridized carbons (Fsp3) is 0.333. The lowest BCUT2D eigenvalue weighted by molar-refractivity contribution is -0.191. The van der Waals surface area contributed by atoms with Crippen LogP contribution in [0.4, 0.5) is 17.6 Å². The Morgan fingerprint density at radius 3 is 2.41 bits per heavy atom. The highest BCUT2D eigenvalue weighted by Gasteiger charge is 2.48. The standard InChI is InChI=1S/C26H24F4N4O4.CH4/c1-15(17-6-3-2-4-7-17)34(25(38)26(28,29)30)19-8-5-13-33-22(19)32-20(21(35)24(33)37)23(36)31-14-16-9-11-18(27)12-10-16;/h2-4,6-7,9-12,15,19,35H,5,8,13-14H2,1H3,(H,31,36);1H4/t15-,19?;/m0./s1. The lowest BCUT2D eigenvalue weighted by Crippen LogP contribution is -2.48. The number of carbonyl (C=O) groups is 2. The number of benzene rings is 2. The third-order valence-corrected chi connectivity index (χ3v) is 6.43. The first-order chi connectivity index (χ1) is 18.0. The summed E-state index contributed by atoms with van der Waals surface area (Å²) in [4.78, 5) is 43.2. The third-order valence-electron chi connectivity index (χ3n) is 6.43. The van der Waals surface area contributed by atoms with E-state index >= 15 is 0 Å². The van der Waals surface area contributed by atoms with Gasteiger partial charge in [0.15, 0.2) is 5.69 Å². The van der Waals surface area contributed by atoms with Crippen LogP contribution in [0, 0.1) is 5.82 Å². The molecule has 1 aliphatic heterocycles. The van der Waals surface area contributed by atoms with Gasteiger partial charge in [-0.2, -0.15) is 13.2 Å². The van der Waals surface area contributed by atoms with Crippen LogP contribution in [-0.2, 0) is 17.9 Å². The summed E-state index contributed by atoms with van der Waals surface area (Å²) in [7, 11) is 0. The van der Waals surface area contributed by atoms with Crippen LogP contribution in [0.3, 0.4) is 0 Å². The van der Waals surface area contributed by atoms with E-state index in [9.17, 15) is 37.1 Å². The first kappa shape index (κ1) is 29.3. The molecule has 1 aliphatic rings. The second-order valence-corrected chi connectivity index (χ2v) is 8.89. The van der Waals surface area contributed by atoms with Gasteiger partial charge in [-0.05, 0) is 43.0 Å². The number of rotatable bonds is 6. The van der Waals surface area contributed by atoms with Crippen molar-refractivity contribution in [3.8, 4) is 5.75 Å². The SMILES string of the molecule is C.C[C@@H](c1ccccc1)N(C(=O)C(F)(F)F)C1CCCn2c1nc(C(=O)NCc1ccc(F)cc1)c(O)c2=O. The maximum absolute atomic E-state index is 13.7. The summed E-state index contributed by atoms with van der Waals surface area (Å²) in [5, 5.41) is 12.9. The highest BCUT2D eigenvalue weighted by Crippen LogP contribution is 2.38. The molecule has 0 saturated heterocycles. The number of carbonyl (C=O) groups excluding carboxylic acids is 2. The minimum Gasteiger partial charge on any atom is -0.501 e. The average molecular weight is 549 g/mol. The Bertz CT molecular complexity index is 1390. The Morgan fingerprint density at radius 1 is 1.15 bits per heavy atom. The van der Waals surface area contributed by atoms with E-state index < -0.39 is 52.9 Å². The fourth-order valence-electron chi connectivity index (χ4n) is 4.52. The van der Waals surface area contributed by atoms with Crippen LogP contribution in [0.15, 0.2) is 59.4 Å². The molecule has 2 aromatic carbocycles. The van der Waals surface area contributed by atoms with Gasteiger partial charge in [-0.1, -0.05) is 49.9 Å². The Balaban J connectivity index is 0.00000420. The van der Waals surface area contributed by atoms with Crippen molar-refractivity contribution in [3.63, 3.8) is 0 Å². The number of alkyl halides is 3. The zero-order valence-electron chi connectivity index (χ0n) is 20.2. The summed E-state index contributed by atoms with van der Waals surface area (Å²) < 4.78 is 55.3. The number of nitrogens with one attached hydrogen (secondary N) is 1. The Hall–Kier alpha value is -4.22. The monoisotopic (exact) mass is 548 g/mol. The molecule has 3 aromatic rings. The van der Waals surface area contributed by atoms with Crippen LogP contribution < -0.4 is 10.9 Å². The number of amides is 2. The Kier molecular flexibility index (Phi) is 8.78. The minimum absolute atomic E-state index is 0. The van der Waals surface area contributed by atoms with Crippen LogP contribution in [-0.4, -0.2) is 37.5 Å². The summed E-state index contributed by atoms with van der Waals surface area (Å²) in [6, 6.07) is 11.0. The highest BCUT2D eigenvalue weighted by molar-refractivity contribution is 5.94. The summed E-state index contributed by atoms with van der Waals surface area (Å²) in [6.07, 6.45) is -4.93. The van der Waals surface area contributed by atoms with Gasteiger partial charge in [-0.3, -0.25) is 19.0 Å². The van der Waals surface area contributed by atoms with Crippen molar-refractivity contribution < 1.29 is 32.3 Å². The maximum atomic E-state index is 13.7. The molecule has 208 valence electrons. The van der Waals surface area contributed by atoms with Crippen molar-refractivity contribution in [2.75, 3.05) is 0 Å². The summed E-state index contributed by atoms with van der Waals surface area (Å²) in [6.45, 7) is 1.38. The van der Waals surface area contributed by atoms with Crippen molar-refractivity contribution in [1.29, 1.82) is 0 Å². The Labute approximate surface area is 221 Å². The molecule has 1 aromatic heterocycles. The fourth-order valence-corrected chi connectivity index (χ4v) is 4.52. The van der Waals surface area contributed by atoms with Gasteiger partial charge in [-0.25, -0.2) is 9.37 Å². The summed E-state index contributed by atoms with van der Waals surface area (Å²) in [5.74, 6) is -4.74. The molecule has 39 heavy (non-hydrogen) atoms. The quantitative estimate of drug-likeness (QED) is 0.437. The van der Waals surface area contributed by atoms with E-state index in [4.69, 9.17) is 0 Å². The molecule has 2 amide bonds. The minimum atomic E-state index is -5.21. The topological polar surface area (TPSA) is 105 Å². The van der Waals surface area contributed by atoms with Crippen LogP contribution in [0.1, 0.15) is 66.7 Å². The normalized spacial score (nSPS) is 15.5. The predicted octanol–water partition coefficient (Wildman–Crippen LogP) is 4.64. The second-order valence-electron chi connectivity index (χ2n) is 8.89. The zero-order chi connectivity index (χ0) is 27.6. The van der Waals surface area contributed by atoms with Gasteiger partial charge in [0.2, 0.25) is 5.75 Å². The predicted molar refractivity (Wildman–Crippen MR) is 134 cm³/mol. The van der Waals surface area contributed by atoms with Gasteiger partial charge in [0, 0.05) is 13.1 Å². The molecule has 8 nitrogen and oxygen atoms in total. The number of aromatic nitrogens is 2. The van der Waals surface area contributed by atoms with Gasteiger partial charge in [0.25, 0.3) is 11.5 Å². The zero-order valence-corrected chi connectivity index (χ0v) is 20.2. The summed E-state index contributed by atoms with van der Waals surface area (Å²) >= 11 is 0. The van der Waals surface area contributed by atoms with E-state index in [0.717, 1.165) is 4.57 Å². The Morgan fingerprint density at radius 2 is 1.79 bits per heavy atom. The maximum Gasteiger partial charge on any atom is 0.471 e. The molecule has 2 atom stereocenters. The molecule has 0 bridgehead atoms. The van der Waals surface area contributed by atoms with Crippen molar-refractivity contribution >= 4 is 11.8 Å². The lowest BCUT2D eigenvalue weighted by Gasteiger charge is -2.39. The van der Waals surface area contributed by atoms with E-state index in [1.54, 1.807) is 30.3 Å². The number of hydrogen-bond donors (Lipinski definition) is 2. The van der Waals surface area contributed by atoms with Crippen molar-refractivity contribution in [3.05, 3.63) is 93.4 Å². The van der Waals surface area contributed by atoms with Crippen LogP contribution in [0.2, 0.25) is 0 Å². The van der Waals surface area contributed by atoms with Gasteiger partial charge in [0.05, 0.1) is 12.1 Å². The first-order valence-electron chi connectivity index (χ1n) is 11.8. The van der Waals surface area contributed by atoms with E-state index in [0.29, 0.717) is 16.0 Å². The first-order valence-corrected chi connectivity index (χ1v) is 11.8. The van der Waals surface area contributed by atoms with E-state index in [1.807, 2.05) is 0 Å². The molecule has 0 aliphatic carbocycles. The molecule has 0 fully saturated rings. The van der Waals surface area contributed by atoms with Crippen molar-refractivity contribution in [2.24, 2.45) is 0 Å². The molecule has 0 spiro atoms. The molecule has 1 unspecified atom stereocenters. The van der Waals surface area contributed by atoms with Gasteiger partial charge in [0.1, 0.15) is 11.6 Å². The largest absolute Gasteiger partial charge is 0.501 e. The van der Waals surface area contributed by atoms with Crippen molar-refractivity contribution in [2.45, 2.75) is 58.5 Å². The van der Waals surface area contributed by atoms with Gasteiger partial charge < -0.3 is 15.3 Å². The molecule has 2 N–H and O–H groups in total. The van der Waals surface area contributed by atoms with Gasteiger partial charge >= 0.3 is 12.1 Å². The molecular weight excluding hydrogens is 520 g/mol. The molecule has 4 rings (SSSR count). The average Bonchev–Trinajstić information content (AvgIpc) is 2.90. The number of halogens is 4. The second kappa shape index (κ2) is 11.7. The van der Waals surface area contributed by atoms with E-state index in [-0.39, 0.29) is 39.2 Å². The molecule has 0 radical (unpaired) electrons. The van der Waals surface area contributed by atoms with Crippen LogP contribution in [0.25, 0.3) is 0 Å². The molecule has 2 heterocycles. The number of fused-ring (bicyclic) bond motifs is 1. The van der Waals surface area contributed by atoms with Crippen molar-refractivity contribution in [1.82, 2.24) is 19.8 Å². The van der Waals surface area contributed by atoms with Gasteiger partial charge in [-0.15, -0.1) is 0 Å². The van der Waals surface area contributed by atoms with E-state index in [1.165, 1.54) is 31.2 Å². The highest BCUT2D eigenvalue weighted by atomic mass is 19.4. The van der Waals surface area contributed by atoms with Crippen LogP contribution >= 0.6 is 0 Å². The number of aromatic hydroxyl groups is 1. The summed E-state index contributed by atoms with van der Waals surface area (Å²) in [5.41, 5.74) is -0.730. The third kappa shape index (κ3) is 6.10. The van der Waals surface area contributed by atoms with Crippen LogP contribution in [0.5, 0.6) is 5.75 Å². The van der Waals surface area contributed by atoms with E-state index in [2.05, 4.69) is 10.3 Å². The lowest BCUT2D eigenvalue weighted by atomic mass is 9.98. The number of hydrogen-bond acceptors (Lipinski definition) is 5. The molecule has 0 saturated carbocycles. The number of nitrogens with zero attached hydrogens (tertiary/aromatic N) is 3. The molecular formula is C27H28F4N4O4. The molecule has 12 heteroatoms. The smallest absolute Gasteiger partial charge is 0.471 e.